The van der Waals surface area contributed by atoms with Crippen LogP contribution in [0.25, 0.3) is 66.8 Å². The second-order valence-electron chi connectivity index (χ2n) is 17.4. The van der Waals surface area contributed by atoms with Crippen molar-refractivity contribution in [3.63, 3.8) is 0 Å². The van der Waals surface area contributed by atoms with Crippen molar-refractivity contribution in [1.82, 2.24) is 0 Å². The monoisotopic (exact) mass is 980 g/mol. The Morgan fingerprint density at radius 3 is 0.534 bits per heavy atom. The Hall–Kier alpha value is -8.64. The van der Waals surface area contributed by atoms with Crippen molar-refractivity contribution in [3.05, 3.63) is 144 Å². The molecule has 0 bridgehead atoms. The Morgan fingerprint density at radius 1 is 0.205 bits per heavy atom. The van der Waals surface area contributed by atoms with Crippen LogP contribution in [0.4, 0.5) is 0 Å². The molecule has 0 amide bonds. The van der Waals surface area contributed by atoms with Crippen molar-refractivity contribution in [2.75, 3.05) is 85.3 Å². The molecule has 10 rings (SSSR count). The highest BCUT2D eigenvalue weighted by Crippen LogP contribution is 2.65. The van der Waals surface area contributed by atoms with Gasteiger partial charge in [-0.1, -0.05) is 48.5 Å². The first-order chi connectivity index (χ1) is 35.6. The molecule has 372 valence electrons. The topological polar surface area (TPSA) is 111 Å². The van der Waals surface area contributed by atoms with Crippen LogP contribution in [0.5, 0.6) is 69.0 Å². The van der Waals surface area contributed by atoms with E-state index < -0.39 is 5.41 Å². The van der Waals surface area contributed by atoms with Gasteiger partial charge < -0.3 is 56.8 Å². The molecule has 0 radical (unpaired) electrons. The van der Waals surface area contributed by atoms with E-state index in [4.69, 9.17) is 56.8 Å². The Morgan fingerprint density at radius 2 is 0.384 bits per heavy atom. The molecule has 73 heavy (non-hydrogen) atoms. The first-order valence-corrected chi connectivity index (χ1v) is 23.4. The number of fused-ring (bicyclic) bond motifs is 10. The van der Waals surface area contributed by atoms with Crippen molar-refractivity contribution < 1.29 is 56.8 Å². The first-order valence-electron chi connectivity index (χ1n) is 23.4. The van der Waals surface area contributed by atoms with Gasteiger partial charge in [-0.25, -0.2) is 0 Å². The molecule has 0 aliphatic heterocycles. The van der Waals surface area contributed by atoms with E-state index >= 15 is 0 Å². The van der Waals surface area contributed by atoms with Gasteiger partial charge in [-0.2, -0.15) is 0 Å². The van der Waals surface area contributed by atoms with Crippen LogP contribution in [0.1, 0.15) is 22.3 Å². The summed E-state index contributed by atoms with van der Waals surface area (Å²) in [5.41, 5.74) is 15.1. The molecule has 0 saturated heterocycles. The average molecular weight is 981 g/mol. The van der Waals surface area contributed by atoms with E-state index in [1.54, 1.807) is 85.3 Å². The van der Waals surface area contributed by atoms with E-state index in [-0.39, 0.29) is 0 Å². The highest BCUT2D eigenvalue weighted by Gasteiger charge is 2.52. The Kier molecular flexibility index (Phi) is 12.6. The smallest absolute Gasteiger partial charge is 0.203 e. The normalized spacial score (nSPS) is 12.2. The summed E-state index contributed by atoms with van der Waals surface area (Å²) < 4.78 is 70.3. The fourth-order valence-corrected chi connectivity index (χ4v) is 10.9. The molecule has 0 atom stereocenters. The second-order valence-corrected chi connectivity index (χ2v) is 17.4. The van der Waals surface area contributed by atoms with Gasteiger partial charge in [-0.3, -0.25) is 0 Å². The number of methoxy groups -OCH3 is 12. The molecule has 2 aliphatic carbocycles. The Bertz CT molecular complexity index is 2910. The van der Waals surface area contributed by atoms with Gasteiger partial charge in [0, 0.05) is 0 Å². The van der Waals surface area contributed by atoms with E-state index in [1.807, 2.05) is 48.5 Å². The van der Waals surface area contributed by atoms with Crippen LogP contribution >= 0.6 is 0 Å². The first kappa shape index (κ1) is 48.0. The van der Waals surface area contributed by atoms with E-state index in [0.717, 1.165) is 89.0 Å². The predicted molar refractivity (Wildman–Crippen MR) is 283 cm³/mol. The summed E-state index contributed by atoms with van der Waals surface area (Å²) in [7, 11) is 19.5. The minimum atomic E-state index is -0.921. The summed E-state index contributed by atoms with van der Waals surface area (Å²) in [6, 6.07) is 42.7. The molecule has 1 spiro atoms. The van der Waals surface area contributed by atoms with E-state index in [9.17, 15) is 0 Å². The zero-order chi connectivity index (χ0) is 51.3. The molecule has 12 heteroatoms. The quantitative estimate of drug-likeness (QED) is 0.0919. The van der Waals surface area contributed by atoms with Gasteiger partial charge in [-0.05, 0) is 162 Å². The standard InChI is InChI=1S/C61H56O12/c1-62-49-25-37(26-50(63-2)57(49)70-9)33-13-17-41-42-18-14-34(38-27-51(64-3)58(71-10)52(28-38)65-4)22-46(42)61(45(41)21-33)47-23-35(39-29-53(66-5)59(72-11)54(30-39)67-6)15-19-43(47)44-20-16-36(24-48(44)61)40-31-55(68-7)60(73-12)56(32-40)69-8/h13-32H,1-12H3. The average Bonchev–Trinajstić information content (AvgIpc) is 3.90. The SMILES string of the molecule is COc1cc(-c2ccc3c(c2)C2(c4cc(-c5cc(OC)c(OC)c(OC)c5)ccc4-3)c3cc(-c4cc(OC)c(OC)c(OC)c4)ccc3-c3ccc(-c4cc(OC)c(OC)c(OC)c4)cc32)cc(OC)c1OC. The summed E-state index contributed by atoms with van der Waals surface area (Å²) in [5, 5.41) is 0. The third-order valence-electron chi connectivity index (χ3n) is 14.3. The fourth-order valence-electron chi connectivity index (χ4n) is 10.9. The maximum atomic E-state index is 5.90. The van der Waals surface area contributed by atoms with Gasteiger partial charge in [-0.15, -0.1) is 0 Å². The van der Waals surface area contributed by atoms with Crippen molar-refractivity contribution >= 4 is 0 Å². The number of hydrogen-bond acceptors (Lipinski definition) is 12. The Balaban J connectivity index is 1.33. The molecule has 0 heterocycles. The van der Waals surface area contributed by atoms with Gasteiger partial charge in [0.15, 0.2) is 46.0 Å². The minimum Gasteiger partial charge on any atom is -0.493 e. The zero-order valence-corrected chi connectivity index (χ0v) is 42.9. The van der Waals surface area contributed by atoms with Crippen LogP contribution < -0.4 is 56.8 Å². The molecular formula is C61H56O12. The van der Waals surface area contributed by atoms with E-state index in [0.29, 0.717) is 69.0 Å². The van der Waals surface area contributed by atoms with Gasteiger partial charge in [0.1, 0.15) is 0 Å². The lowest BCUT2D eigenvalue weighted by atomic mass is 9.69. The number of rotatable bonds is 16. The molecular weight excluding hydrogens is 925 g/mol. The summed E-state index contributed by atoms with van der Waals surface area (Å²) >= 11 is 0. The fraction of sp³-hybridized carbons (Fsp3) is 0.213. The lowest BCUT2D eigenvalue weighted by molar-refractivity contribution is 0.324. The minimum absolute atomic E-state index is 0.510. The van der Waals surface area contributed by atoms with Crippen LogP contribution in [0.3, 0.4) is 0 Å². The third-order valence-corrected chi connectivity index (χ3v) is 14.3. The van der Waals surface area contributed by atoms with Crippen LogP contribution in [-0.2, 0) is 5.41 Å². The molecule has 0 aromatic heterocycles. The van der Waals surface area contributed by atoms with Gasteiger partial charge in [0.05, 0.1) is 90.7 Å². The highest BCUT2D eigenvalue weighted by molar-refractivity contribution is 5.99. The van der Waals surface area contributed by atoms with Gasteiger partial charge >= 0.3 is 0 Å². The van der Waals surface area contributed by atoms with Crippen LogP contribution in [0, 0.1) is 0 Å². The maximum absolute atomic E-state index is 5.90. The third kappa shape index (κ3) is 7.42. The molecule has 8 aromatic rings. The zero-order valence-electron chi connectivity index (χ0n) is 42.9. The highest BCUT2D eigenvalue weighted by atomic mass is 16.5. The molecule has 0 saturated carbocycles. The van der Waals surface area contributed by atoms with E-state index in [1.165, 1.54) is 0 Å². The van der Waals surface area contributed by atoms with Crippen LogP contribution in [0.15, 0.2) is 121 Å². The summed E-state index contributed by atoms with van der Waals surface area (Å²) in [4.78, 5) is 0. The second kappa shape index (κ2) is 19.2. The molecule has 12 nitrogen and oxygen atoms in total. The lowest BCUT2D eigenvalue weighted by Gasteiger charge is -2.32. The molecule has 2 aliphatic rings. The predicted octanol–water partition coefficient (Wildman–Crippen LogP) is 12.8. The molecule has 0 fully saturated rings. The molecule has 8 aromatic carbocycles. The maximum Gasteiger partial charge on any atom is 0.203 e. The van der Waals surface area contributed by atoms with Crippen LogP contribution in [0.2, 0.25) is 0 Å². The Labute approximate surface area is 425 Å². The van der Waals surface area contributed by atoms with Crippen molar-refractivity contribution in [2.45, 2.75) is 5.41 Å². The number of hydrogen-bond donors (Lipinski definition) is 0. The van der Waals surface area contributed by atoms with Gasteiger partial charge in [0.2, 0.25) is 23.0 Å². The number of benzene rings is 8. The summed E-state index contributed by atoms with van der Waals surface area (Å²) in [6.07, 6.45) is 0. The molecule has 0 N–H and O–H groups in total. The lowest BCUT2D eigenvalue weighted by Crippen LogP contribution is -2.26. The molecule has 0 unspecified atom stereocenters. The summed E-state index contributed by atoms with van der Waals surface area (Å²) in [6.45, 7) is 0. The van der Waals surface area contributed by atoms with Gasteiger partial charge in [0.25, 0.3) is 0 Å². The van der Waals surface area contributed by atoms with Crippen LogP contribution in [-0.4, -0.2) is 85.3 Å². The van der Waals surface area contributed by atoms with E-state index in [2.05, 4.69) is 72.8 Å². The largest absolute Gasteiger partial charge is 0.493 e. The van der Waals surface area contributed by atoms with Crippen molar-refractivity contribution in [3.8, 4) is 136 Å². The number of ether oxygens (including phenoxy) is 12. The van der Waals surface area contributed by atoms with Crippen molar-refractivity contribution in [1.29, 1.82) is 0 Å². The van der Waals surface area contributed by atoms with Crippen molar-refractivity contribution in [2.24, 2.45) is 0 Å². The summed E-state index contributed by atoms with van der Waals surface area (Å²) in [5.74, 6) is 6.42.